The zero-order valence-electron chi connectivity index (χ0n) is 10.3. The summed E-state index contributed by atoms with van der Waals surface area (Å²) in [6.45, 7) is 8.24. The fraction of sp³-hybridized carbons (Fsp3) is 0.917. The molecule has 0 aliphatic heterocycles. The van der Waals surface area contributed by atoms with E-state index in [-0.39, 0.29) is 5.54 Å². The lowest BCUT2D eigenvalue weighted by Gasteiger charge is -2.33. The molecule has 0 aromatic heterocycles. The average Bonchev–Trinajstić information content (AvgIpc) is 2.18. The van der Waals surface area contributed by atoms with E-state index in [0.717, 1.165) is 19.5 Å². The van der Waals surface area contributed by atoms with Crippen LogP contribution in [0.25, 0.3) is 0 Å². The Hall–Kier alpha value is -0.590. The maximum atomic E-state index is 8.47. The lowest BCUT2D eigenvalue weighted by molar-refractivity contribution is 0.254. The van der Waals surface area contributed by atoms with Crippen LogP contribution in [0.4, 0.5) is 0 Å². The van der Waals surface area contributed by atoms with Crippen molar-refractivity contribution in [1.82, 2.24) is 5.32 Å². The largest absolute Gasteiger partial charge is 0.330 e. The van der Waals surface area contributed by atoms with Gasteiger partial charge in [0.2, 0.25) is 0 Å². The molecule has 0 spiro atoms. The summed E-state index contributed by atoms with van der Waals surface area (Å²) in [4.78, 5) is 0. The highest BCUT2D eigenvalue weighted by Gasteiger charge is 2.23. The van der Waals surface area contributed by atoms with E-state index in [1.807, 2.05) is 0 Å². The van der Waals surface area contributed by atoms with Gasteiger partial charge in [-0.05, 0) is 39.2 Å². The molecule has 0 aromatic carbocycles. The smallest absolute Gasteiger partial charge is 0.0635 e. The van der Waals surface area contributed by atoms with Crippen LogP contribution in [0.15, 0.2) is 0 Å². The minimum absolute atomic E-state index is 0.117. The van der Waals surface area contributed by atoms with Crippen LogP contribution >= 0.6 is 0 Å². The SMILES string of the molecule is CC(CCCCN)C(C)(C)NCCC#N. The van der Waals surface area contributed by atoms with E-state index in [4.69, 9.17) is 11.0 Å². The number of rotatable bonds is 8. The summed E-state index contributed by atoms with van der Waals surface area (Å²) in [6.07, 6.45) is 4.09. The molecule has 0 radical (unpaired) electrons. The van der Waals surface area contributed by atoms with Crippen LogP contribution in [-0.4, -0.2) is 18.6 Å². The van der Waals surface area contributed by atoms with Crippen LogP contribution in [-0.2, 0) is 0 Å². The van der Waals surface area contributed by atoms with Gasteiger partial charge in [0.25, 0.3) is 0 Å². The van der Waals surface area contributed by atoms with Crippen LogP contribution in [0.2, 0.25) is 0 Å². The zero-order chi connectivity index (χ0) is 11.7. The molecule has 15 heavy (non-hydrogen) atoms. The summed E-state index contributed by atoms with van der Waals surface area (Å²) in [5.74, 6) is 0.614. The van der Waals surface area contributed by atoms with Gasteiger partial charge in [0.1, 0.15) is 0 Å². The van der Waals surface area contributed by atoms with Crippen LogP contribution in [0.1, 0.15) is 46.5 Å². The molecule has 0 rings (SSSR count). The van der Waals surface area contributed by atoms with Crippen molar-refractivity contribution < 1.29 is 0 Å². The fourth-order valence-corrected chi connectivity index (χ4v) is 1.57. The number of nitriles is 1. The summed E-state index contributed by atoms with van der Waals surface area (Å²) in [6, 6.07) is 2.15. The summed E-state index contributed by atoms with van der Waals surface area (Å²) in [7, 11) is 0. The van der Waals surface area contributed by atoms with Crippen LogP contribution < -0.4 is 11.1 Å². The Morgan fingerprint density at radius 2 is 2.07 bits per heavy atom. The molecule has 1 atom stereocenters. The van der Waals surface area contributed by atoms with Crippen molar-refractivity contribution in [2.45, 2.75) is 52.0 Å². The Morgan fingerprint density at radius 1 is 1.40 bits per heavy atom. The molecule has 0 saturated heterocycles. The lowest BCUT2D eigenvalue weighted by Crippen LogP contribution is -2.45. The molecule has 3 heteroatoms. The van der Waals surface area contributed by atoms with Crippen LogP contribution in [0, 0.1) is 17.2 Å². The molecule has 0 fully saturated rings. The predicted molar refractivity (Wildman–Crippen MR) is 64.4 cm³/mol. The Balaban J connectivity index is 3.81. The quantitative estimate of drug-likeness (QED) is 0.604. The second kappa shape index (κ2) is 7.67. The zero-order valence-corrected chi connectivity index (χ0v) is 10.3. The van der Waals surface area contributed by atoms with Gasteiger partial charge in [-0.1, -0.05) is 13.3 Å². The molecule has 3 nitrogen and oxygen atoms in total. The third-order valence-electron chi connectivity index (χ3n) is 3.14. The average molecular weight is 211 g/mol. The van der Waals surface area contributed by atoms with Crippen molar-refractivity contribution in [3.8, 4) is 6.07 Å². The first-order valence-corrected chi connectivity index (χ1v) is 5.86. The van der Waals surface area contributed by atoms with E-state index < -0.39 is 0 Å². The van der Waals surface area contributed by atoms with Gasteiger partial charge >= 0.3 is 0 Å². The van der Waals surface area contributed by atoms with E-state index >= 15 is 0 Å². The third kappa shape index (κ3) is 6.48. The van der Waals surface area contributed by atoms with Gasteiger partial charge in [-0.3, -0.25) is 0 Å². The van der Waals surface area contributed by atoms with Gasteiger partial charge < -0.3 is 11.1 Å². The number of nitrogens with two attached hydrogens (primary N) is 1. The molecular weight excluding hydrogens is 186 g/mol. The Kier molecular flexibility index (Phi) is 7.37. The van der Waals surface area contributed by atoms with Gasteiger partial charge in [0.15, 0.2) is 0 Å². The topological polar surface area (TPSA) is 61.8 Å². The lowest BCUT2D eigenvalue weighted by atomic mass is 9.85. The van der Waals surface area contributed by atoms with E-state index in [1.54, 1.807) is 0 Å². The maximum absolute atomic E-state index is 8.47. The van der Waals surface area contributed by atoms with Gasteiger partial charge in [0.05, 0.1) is 6.07 Å². The summed E-state index contributed by atoms with van der Waals surface area (Å²) in [5.41, 5.74) is 5.59. The van der Waals surface area contributed by atoms with Crippen LogP contribution in [0.3, 0.4) is 0 Å². The first-order chi connectivity index (χ1) is 7.04. The third-order valence-corrected chi connectivity index (χ3v) is 3.14. The second-order valence-electron chi connectivity index (χ2n) is 4.74. The predicted octanol–water partition coefficient (Wildman–Crippen LogP) is 2.03. The molecule has 0 aliphatic carbocycles. The summed E-state index contributed by atoms with van der Waals surface area (Å²) in [5, 5.41) is 11.9. The van der Waals surface area contributed by atoms with E-state index in [2.05, 4.69) is 32.2 Å². The standard InChI is InChI=1S/C12H25N3/c1-11(7-4-5-8-13)12(2,3)15-10-6-9-14/h11,15H,4-8,10,13H2,1-3H3. The molecular formula is C12H25N3. The van der Waals surface area contributed by atoms with Crippen molar-refractivity contribution in [3.63, 3.8) is 0 Å². The van der Waals surface area contributed by atoms with Gasteiger partial charge in [-0.2, -0.15) is 5.26 Å². The van der Waals surface area contributed by atoms with E-state index in [1.165, 1.54) is 12.8 Å². The van der Waals surface area contributed by atoms with E-state index in [9.17, 15) is 0 Å². The molecule has 3 N–H and O–H groups in total. The molecule has 0 saturated carbocycles. The van der Waals surface area contributed by atoms with Crippen molar-refractivity contribution in [1.29, 1.82) is 5.26 Å². The molecule has 88 valence electrons. The summed E-state index contributed by atoms with van der Waals surface area (Å²) < 4.78 is 0. The van der Waals surface area contributed by atoms with Crippen molar-refractivity contribution in [3.05, 3.63) is 0 Å². The van der Waals surface area contributed by atoms with Gasteiger partial charge in [-0.15, -0.1) is 0 Å². The molecule has 0 amide bonds. The highest BCUT2D eigenvalue weighted by Crippen LogP contribution is 2.21. The van der Waals surface area contributed by atoms with Crippen molar-refractivity contribution in [2.75, 3.05) is 13.1 Å². The Bertz CT molecular complexity index is 194. The number of unbranched alkanes of at least 4 members (excludes halogenated alkanes) is 1. The van der Waals surface area contributed by atoms with Gasteiger partial charge in [-0.25, -0.2) is 0 Å². The Labute approximate surface area is 94.0 Å². The number of hydrogen-bond acceptors (Lipinski definition) is 3. The fourth-order valence-electron chi connectivity index (χ4n) is 1.57. The monoisotopic (exact) mass is 211 g/mol. The Morgan fingerprint density at radius 3 is 2.60 bits per heavy atom. The molecule has 0 aliphatic rings. The number of nitrogens with one attached hydrogen (secondary N) is 1. The molecule has 0 aromatic rings. The first-order valence-electron chi connectivity index (χ1n) is 5.86. The minimum Gasteiger partial charge on any atom is -0.330 e. The van der Waals surface area contributed by atoms with Crippen molar-refractivity contribution >= 4 is 0 Å². The summed E-state index contributed by atoms with van der Waals surface area (Å²) >= 11 is 0. The van der Waals surface area contributed by atoms with Crippen LogP contribution in [0.5, 0.6) is 0 Å². The normalized spacial score (nSPS) is 13.5. The minimum atomic E-state index is 0.117. The molecule has 0 heterocycles. The molecule has 1 unspecified atom stereocenters. The maximum Gasteiger partial charge on any atom is 0.0635 e. The first kappa shape index (κ1) is 14.4. The highest BCUT2D eigenvalue weighted by atomic mass is 15.0. The number of nitrogens with zero attached hydrogens (tertiary/aromatic N) is 1. The number of hydrogen-bond donors (Lipinski definition) is 2. The highest BCUT2D eigenvalue weighted by molar-refractivity contribution is 4.85. The second-order valence-corrected chi connectivity index (χ2v) is 4.74. The molecule has 0 bridgehead atoms. The van der Waals surface area contributed by atoms with Crippen molar-refractivity contribution in [2.24, 2.45) is 11.7 Å². The van der Waals surface area contributed by atoms with Gasteiger partial charge in [0, 0.05) is 18.5 Å². The van der Waals surface area contributed by atoms with E-state index in [0.29, 0.717) is 12.3 Å².